The fraction of sp³-hybridized carbons (Fsp3) is 0. The molecule has 0 unspecified atom stereocenters. The van der Waals surface area contributed by atoms with Crippen LogP contribution in [0.15, 0.2) is 0 Å². The maximum atomic E-state index is 8.61. The molecule has 0 amide bonds. The van der Waals surface area contributed by atoms with Crippen LogP contribution < -0.4 is 0 Å². The zero-order valence-corrected chi connectivity index (χ0v) is 3.83. The standard InChI is InChI=1S/Ag.5O. The first-order valence-corrected chi connectivity index (χ1v) is 3.64. The molecule has 0 aliphatic heterocycles. The normalized spacial score (nSPS) is 18.3. The molecule has 6 heavy (non-hydrogen) atoms. The first kappa shape index (κ1) is 5.74. The van der Waals surface area contributed by atoms with Crippen LogP contribution in [0.25, 0.3) is 0 Å². The Morgan fingerprint density at radius 1 is 0.667 bits per heavy atom. The molecule has 0 saturated heterocycles. The average Bonchev–Trinajstić information content (AvgIpc) is 0.650. The van der Waals surface area contributed by atoms with E-state index in [4.69, 9.17) is 16.3 Å². The first-order valence-electron chi connectivity index (χ1n) is 0.615. The zero-order chi connectivity index (χ0) is 5.45. The van der Waals surface area contributed by atoms with Gasteiger partial charge >= 0.3 is 31.9 Å². The molecule has 0 aromatic carbocycles. The van der Waals surface area contributed by atoms with Crippen LogP contribution in [0.2, 0.25) is 0 Å². The molecule has 0 rings (SSSR count). The van der Waals surface area contributed by atoms with E-state index < -0.39 is 15.7 Å². The van der Waals surface area contributed by atoms with Crippen molar-refractivity contribution >= 4 is 0 Å². The van der Waals surface area contributed by atoms with Gasteiger partial charge in [0.05, 0.1) is 0 Å². The van der Waals surface area contributed by atoms with Crippen molar-refractivity contribution in [1.29, 1.82) is 0 Å². The Morgan fingerprint density at radius 3 is 0.667 bits per heavy atom. The molecule has 0 heterocycles. The van der Waals surface area contributed by atoms with Gasteiger partial charge in [-0.15, -0.1) is 0 Å². The van der Waals surface area contributed by atoms with Crippen LogP contribution in [-0.4, -0.2) is 0 Å². The molecule has 0 aliphatic carbocycles. The van der Waals surface area contributed by atoms with Crippen molar-refractivity contribution in [3.8, 4) is 0 Å². The van der Waals surface area contributed by atoms with Crippen LogP contribution in [0.4, 0.5) is 0 Å². The summed E-state index contributed by atoms with van der Waals surface area (Å²) in [5.74, 6) is 0. The Labute approximate surface area is 32.6 Å². The van der Waals surface area contributed by atoms with Crippen LogP contribution >= 0.6 is 0 Å². The number of hydrogen-bond acceptors (Lipinski definition) is 5. The Bertz CT molecular complexity index is 274. The van der Waals surface area contributed by atoms with Gasteiger partial charge in [0.25, 0.3) is 0 Å². The molecular formula is AgO5. The molecule has 5 nitrogen and oxygen atoms in total. The molecular weight excluding hydrogens is 188 g/mol. The molecule has 0 spiro atoms. The van der Waals surface area contributed by atoms with Gasteiger partial charge in [0.2, 0.25) is 0 Å². The summed E-state index contributed by atoms with van der Waals surface area (Å²) >= 11 is -7.51. The van der Waals surface area contributed by atoms with Crippen LogP contribution in [0, 0.1) is 0 Å². The first-order chi connectivity index (χ1) is 2.24. The Hall–Kier alpha value is -0.260. The average molecular weight is 188 g/mol. The monoisotopic (exact) mass is 187 g/mol. The van der Waals surface area contributed by atoms with Crippen molar-refractivity contribution < 1.29 is 31.9 Å². The van der Waals surface area contributed by atoms with Crippen molar-refractivity contribution in [3.05, 3.63) is 0 Å². The summed E-state index contributed by atoms with van der Waals surface area (Å²) in [6.07, 6.45) is 0. The van der Waals surface area contributed by atoms with Gasteiger partial charge in [-0.05, 0) is 0 Å². The molecule has 0 aliphatic rings. The van der Waals surface area contributed by atoms with Gasteiger partial charge in [-0.1, -0.05) is 0 Å². The van der Waals surface area contributed by atoms with Crippen LogP contribution in [0.5, 0.6) is 0 Å². The third-order valence-corrected chi connectivity index (χ3v) is 0. The van der Waals surface area contributed by atoms with Crippen molar-refractivity contribution in [2.24, 2.45) is 0 Å². The van der Waals surface area contributed by atoms with Gasteiger partial charge in [0, 0.05) is 0 Å². The molecule has 0 aromatic rings. The molecule has 0 aromatic heterocycles. The Kier molecular flexibility index (Phi) is 0.669. The van der Waals surface area contributed by atoms with E-state index in [1.165, 1.54) is 0 Å². The maximum absolute atomic E-state index is 8.61. The van der Waals surface area contributed by atoms with E-state index in [9.17, 15) is 0 Å². The van der Waals surface area contributed by atoms with Gasteiger partial charge in [-0.25, -0.2) is 0 Å². The van der Waals surface area contributed by atoms with Gasteiger partial charge in [-0.2, -0.15) is 0 Å². The molecule has 0 radical (unpaired) electrons. The fourth-order valence-electron chi connectivity index (χ4n) is 0. The summed E-state index contributed by atoms with van der Waals surface area (Å²) in [4.78, 5) is 0. The van der Waals surface area contributed by atoms with Crippen LogP contribution in [0.3, 0.4) is 0 Å². The van der Waals surface area contributed by atoms with Crippen LogP contribution in [-0.2, 0) is 31.9 Å². The van der Waals surface area contributed by atoms with Crippen molar-refractivity contribution in [2.75, 3.05) is 0 Å². The van der Waals surface area contributed by atoms with Crippen molar-refractivity contribution in [3.63, 3.8) is 0 Å². The molecule has 6 heteroatoms. The van der Waals surface area contributed by atoms with E-state index in [1.807, 2.05) is 0 Å². The predicted octanol–water partition coefficient (Wildman–Crippen LogP) is -0.597. The molecule has 41 valence electrons. The van der Waals surface area contributed by atoms with Gasteiger partial charge < -0.3 is 0 Å². The Morgan fingerprint density at radius 2 is 0.667 bits per heavy atom. The van der Waals surface area contributed by atoms with E-state index in [2.05, 4.69) is 0 Å². The molecule has 0 fully saturated rings. The zero-order valence-electron chi connectivity index (χ0n) is 2.34. The summed E-state index contributed by atoms with van der Waals surface area (Å²) < 4.78 is 43.1. The summed E-state index contributed by atoms with van der Waals surface area (Å²) in [7, 11) is 0. The third kappa shape index (κ3) is 416. The van der Waals surface area contributed by atoms with Crippen LogP contribution in [0.1, 0.15) is 0 Å². The third-order valence-electron chi connectivity index (χ3n) is 0. The summed E-state index contributed by atoms with van der Waals surface area (Å²) in [6.45, 7) is 0. The summed E-state index contributed by atoms with van der Waals surface area (Å²) in [5.41, 5.74) is 0. The van der Waals surface area contributed by atoms with Crippen molar-refractivity contribution in [2.45, 2.75) is 0 Å². The number of hydrogen-bond donors (Lipinski definition) is 0. The molecule has 0 bridgehead atoms. The minimum absolute atomic E-state index is 7.51. The van der Waals surface area contributed by atoms with Gasteiger partial charge in [0.15, 0.2) is 0 Å². The van der Waals surface area contributed by atoms with Gasteiger partial charge in [0.1, 0.15) is 0 Å². The van der Waals surface area contributed by atoms with E-state index in [1.54, 1.807) is 0 Å². The molecule has 0 N–H and O–H groups in total. The summed E-state index contributed by atoms with van der Waals surface area (Å²) in [5, 5.41) is 0. The summed E-state index contributed by atoms with van der Waals surface area (Å²) in [6, 6.07) is 0. The van der Waals surface area contributed by atoms with E-state index in [0.717, 1.165) is 0 Å². The second kappa shape index (κ2) is 0.699. The molecule has 0 atom stereocenters. The second-order valence-electron chi connectivity index (χ2n) is 0.503. The topological polar surface area (TPSA) is 85.3 Å². The minimum atomic E-state index is -7.51. The van der Waals surface area contributed by atoms with E-state index in [0.29, 0.717) is 0 Å². The fourth-order valence-corrected chi connectivity index (χ4v) is 0. The predicted molar refractivity (Wildman–Crippen MR) is 3.43 cm³/mol. The van der Waals surface area contributed by atoms with E-state index >= 15 is 0 Å². The SMILES string of the molecule is [O]=[Ag](=[O])(=[O])(=[O])=[O]. The molecule has 0 saturated carbocycles. The quantitative estimate of drug-likeness (QED) is 0.473. The van der Waals surface area contributed by atoms with Crippen molar-refractivity contribution in [1.82, 2.24) is 0 Å². The Balaban J connectivity index is 7.45. The number of rotatable bonds is 0. The second-order valence-corrected chi connectivity index (χ2v) is 2.97. The van der Waals surface area contributed by atoms with Gasteiger partial charge in [-0.3, -0.25) is 0 Å². The van der Waals surface area contributed by atoms with E-state index in [-0.39, 0.29) is 0 Å².